The van der Waals surface area contributed by atoms with Crippen molar-refractivity contribution in [2.75, 3.05) is 51.3 Å². The Bertz CT molecular complexity index is 521. The molecular formula is C17H27N5O2. The van der Waals surface area contributed by atoms with Gasteiger partial charge in [0.25, 0.3) is 0 Å². The minimum absolute atomic E-state index is 0.258. The average molecular weight is 333 g/mol. The van der Waals surface area contributed by atoms with Crippen molar-refractivity contribution in [3.8, 4) is 0 Å². The van der Waals surface area contributed by atoms with Crippen LogP contribution in [0.3, 0.4) is 0 Å². The fourth-order valence-electron chi connectivity index (χ4n) is 3.53. The van der Waals surface area contributed by atoms with E-state index in [1.54, 1.807) is 18.5 Å². The zero-order valence-corrected chi connectivity index (χ0v) is 14.4. The lowest BCUT2D eigenvalue weighted by Crippen LogP contribution is -2.47. The molecule has 1 aromatic rings. The van der Waals surface area contributed by atoms with Crippen molar-refractivity contribution in [3.63, 3.8) is 0 Å². The molecule has 7 heteroatoms. The minimum Gasteiger partial charge on any atom is -0.379 e. The quantitative estimate of drug-likeness (QED) is 0.778. The molecule has 1 aromatic heterocycles. The number of nitrogens with one attached hydrogen (secondary N) is 1. The number of carbonyl (C=O) groups is 1. The molecule has 0 aliphatic carbocycles. The number of aromatic nitrogens is 2. The highest BCUT2D eigenvalue weighted by Crippen LogP contribution is 2.23. The summed E-state index contributed by atoms with van der Waals surface area (Å²) >= 11 is 0. The van der Waals surface area contributed by atoms with E-state index in [1.165, 1.54) is 0 Å². The zero-order chi connectivity index (χ0) is 16.8. The molecular weight excluding hydrogens is 306 g/mol. The van der Waals surface area contributed by atoms with Gasteiger partial charge in [-0.2, -0.15) is 0 Å². The van der Waals surface area contributed by atoms with Gasteiger partial charge in [-0.15, -0.1) is 0 Å². The largest absolute Gasteiger partial charge is 0.379 e. The number of hydrogen-bond donors (Lipinski definition) is 1. The van der Waals surface area contributed by atoms with Gasteiger partial charge in [-0.05, 0) is 18.4 Å². The van der Waals surface area contributed by atoms with E-state index in [-0.39, 0.29) is 5.91 Å². The molecule has 0 bridgehead atoms. The van der Waals surface area contributed by atoms with Crippen LogP contribution in [0.4, 0.5) is 5.95 Å². The lowest BCUT2D eigenvalue weighted by Gasteiger charge is -2.34. The number of morpholine rings is 1. The molecule has 0 radical (unpaired) electrons. The summed E-state index contributed by atoms with van der Waals surface area (Å²) in [5.41, 5.74) is 0. The third kappa shape index (κ3) is 4.42. The van der Waals surface area contributed by atoms with Crippen molar-refractivity contribution < 1.29 is 9.53 Å². The minimum atomic E-state index is 0.258. The third-order valence-corrected chi connectivity index (χ3v) is 4.86. The van der Waals surface area contributed by atoms with Gasteiger partial charge in [0, 0.05) is 57.6 Å². The molecule has 24 heavy (non-hydrogen) atoms. The standard InChI is InChI=1S/C17H27N5O2/c1-14-12-22(13-15(14)21-8-10-24-11-9-21)16(23)4-2-5-18-17-19-6-3-7-20-17/h3,6-7,14-15H,2,4-5,8-13H2,1H3,(H,18,19,20)/t14-,15-/m0/s1. The van der Waals surface area contributed by atoms with Gasteiger partial charge in [-0.1, -0.05) is 6.92 Å². The Morgan fingerprint density at radius 1 is 1.29 bits per heavy atom. The summed E-state index contributed by atoms with van der Waals surface area (Å²) in [6, 6.07) is 2.27. The van der Waals surface area contributed by atoms with Crippen LogP contribution >= 0.6 is 0 Å². The highest BCUT2D eigenvalue weighted by molar-refractivity contribution is 5.76. The summed E-state index contributed by atoms with van der Waals surface area (Å²) in [5, 5.41) is 3.14. The van der Waals surface area contributed by atoms with E-state index in [0.29, 0.717) is 30.9 Å². The molecule has 2 atom stereocenters. The molecule has 132 valence electrons. The second kappa shape index (κ2) is 8.39. The maximum absolute atomic E-state index is 12.5. The molecule has 0 spiro atoms. The Kier molecular flexibility index (Phi) is 5.98. The van der Waals surface area contributed by atoms with Crippen LogP contribution < -0.4 is 5.32 Å². The van der Waals surface area contributed by atoms with Gasteiger partial charge in [0.15, 0.2) is 0 Å². The normalized spacial score (nSPS) is 25.0. The molecule has 2 fully saturated rings. The van der Waals surface area contributed by atoms with Crippen molar-refractivity contribution in [2.45, 2.75) is 25.8 Å². The number of likely N-dealkylation sites (tertiary alicyclic amines) is 1. The van der Waals surface area contributed by atoms with Crippen molar-refractivity contribution >= 4 is 11.9 Å². The Morgan fingerprint density at radius 2 is 2.04 bits per heavy atom. The topological polar surface area (TPSA) is 70.6 Å². The van der Waals surface area contributed by atoms with Crippen LogP contribution in [0.15, 0.2) is 18.5 Å². The van der Waals surface area contributed by atoms with Crippen LogP contribution in [0.2, 0.25) is 0 Å². The van der Waals surface area contributed by atoms with E-state index in [0.717, 1.165) is 45.8 Å². The van der Waals surface area contributed by atoms with E-state index in [1.807, 2.05) is 4.90 Å². The van der Waals surface area contributed by atoms with Crippen molar-refractivity contribution in [2.24, 2.45) is 5.92 Å². The summed E-state index contributed by atoms with van der Waals surface area (Å²) in [7, 11) is 0. The maximum atomic E-state index is 12.5. The summed E-state index contributed by atoms with van der Waals surface area (Å²) in [4.78, 5) is 25.2. The number of hydrogen-bond acceptors (Lipinski definition) is 6. The molecule has 3 heterocycles. The number of carbonyl (C=O) groups excluding carboxylic acids is 1. The molecule has 1 amide bonds. The van der Waals surface area contributed by atoms with Gasteiger partial charge >= 0.3 is 0 Å². The molecule has 3 rings (SSSR count). The third-order valence-electron chi connectivity index (χ3n) is 4.86. The lowest BCUT2D eigenvalue weighted by molar-refractivity contribution is -0.130. The first kappa shape index (κ1) is 17.1. The SMILES string of the molecule is C[C@H]1CN(C(=O)CCCNc2ncccn2)C[C@@H]1N1CCOCC1. The second-order valence-electron chi connectivity index (χ2n) is 6.59. The Hall–Kier alpha value is -1.73. The molecule has 7 nitrogen and oxygen atoms in total. The van der Waals surface area contributed by atoms with Crippen LogP contribution in [-0.2, 0) is 9.53 Å². The van der Waals surface area contributed by atoms with Crippen molar-refractivity contribution in [3.05, 3.63) is 18.5 Å². The highest BCUT2D eigenvalue weighted by Gasteiger charge is 2.36. The summed E-state index contributed by atoms with van der Waals surface area (Å²) in [6.45, 7) is 8.28. The van der Waals surface area contributed by atoms with Gasteiger partial charge in [-0.25, -0.2) is 9.97 Å². The van der Waals surface area contributed by atoms with Gasteiger partial charge in [-0.3, -0.25) is 9.69 Å². The van der Waals surface area contributed by atoms with Gasteiger partial charge in [0.1, 0.15) is 0 Å². The maximum Gasteiger partial charge on any atom is 0.222 e. The van der Waals surface area contributed by atoms with Crippen LogP contribution in [0.25, 0.3) is 0 Å². The number of rotatable bonds is 6. The first-order valence-electron chi connectivity index (χ1n) is 8.84. The first-order chi connectivity index (χ1) is 11.7. The Morgan fingerprint density at radius 3 is 2.79 bits per heavy atom. The molecule has 0 aromatic carbocycles. The van der Waals surface area contributed by atoms with Crippen LogP contribution in [0.1, 0.15) is 19.8 Å². The predicted molar refractivity (Wildman–Crippen MR) is 91.7 cm³/mol. The van der Waals surface area contributed by atoms with Gasteiger partial charge in [0.05, 0.1) is 13.2 Å². The summed E-state index contributed by atoms with van der Waals surface area (Å²) in [5.74, 6) is 1.41. The van der Waals surface area contributed by atoms with E-state index in [4.69, 9.17) is 4.74 Å². The van der Waals surface area contributed by atoms with Crippen LogP contribution in [0.5, 0.6) is 0 Å². The van der Waals surface area contributed by atoms with Crippen molar-refractivity contribution in [1.82, 2.24) is 19.8 Å². The molecule has 0 unspecified atom stereocenters. The number of ether oxygens (including phenoxy) is 1. The molecule has 2 aliphatic rings. The predicted octanol–water partition coefficient (Wildman–Crippen LogP) is 0.848. The number of nitrogens with zero attached hydrogens (tertiary/aromatic N) is 4. The van der Waals surface area contributed by atoms with Gasteiger partial charge < -0.3 is 15.0 Å². The number of amides is 1. The fraction of sp³-hybridized carbons (Fsp3) is 0.706. The smallest absolute Gasteiger partial charge is 0.222 e. The monoisotopic (exact) mass is 333 g/mol. The van der Waals surface area contributed by atoms with E-state index < -0.39 is 0 Å². The fourth-order valence-corrected chi connectivity index (χ4v) is 3.53. The highest BCUT2D eigenvalue weighted by atomic mass is 16.5. The zero-order valence-electron chi connectivity index (χ0n) is 14.4. The van der Waals surface area contributed by atoms with Crippen molar-refractivity contribution in [1.29, 1.82) is 0 Å². The first-order valence-corrected chi connectivity index (χ1v) is 8.84. The molecule has 2 aliphatic heterocycles. The summed E-state index contributed by atoms with van der Waals surface area (Å²) in [6.07, 6.45) is 4.78. The molecule has 2 saturated heterocycles. The number of anilines is 1. The van der Waals surface area contributed by atoms with Crippen LogP contribution in [0, 0.1) is 5.92 Å². The average Bonchev–Trinajstić information content (AvgIpc) is 3.02. The second-order valence-corrected chi connectivity index (χ2v) is 6.59. The summed E-state index contributed by atoms with van der Waals surface area (Å²) < 4.78 is 5.43. The van der Waals surface area contributed by atoms with E-state index in [9.17, 15) is 4.79 Å². The Balaban J connectivity index is 1.39. The van der Waals surface area contributed by atoms with Gasteiger partial charge in [0.2, 0.25) is 11.9 Å². The molecule has 1 N–H and O–H groups in total. The molecule has 0 saturated carbocycles. The van der Waals surface area contributed by atoms with Crippen LogP contribution in [-0.4, -0.2) is 77.7 Å². The lowest BCUT2D eigenvalue weighted by atomic mass is 10.0. The van der Waals surface area contributed by atoms with E-state index in [2.05, 4.69) is 27.1 Å². The van der Waals surface area contributed by atoms with E-state index >= 15 is 0 Å². The Labute approximate surface area is 143 Å².